The number of hydrogen-bond acceptors (Lipinski definition) is 9. The van der Waals surface area contributed by atoms with Gasteiger partial charge in [0.25, 0.3) is 5.91 Å². The third-order valence-electron chi connectivity index (χ3n) is 11.1. The van der Waals surface area contributed by atoms with E-state index < -0.39 is 41.2 Å². The Bertz CT molecular complexity index is 2460. The molecule has 0 radical (unpaired) electrons. The summed E-state index contributed by atoms with van der Waals surface area (Å²) >= 11 is 0. The molecule has 14 nitrogen and oxygen atoms in total. The fourth-order valence-corrected chi connectivity index (χ4v) is 9.39. The maximum absolute atomic E-state index is 16.3. The number of nitrogens with one attached hydrogen (secondary N) is 3. The van der Waals surface area contributed by atoms with Gasteiger partial charge in [-0.15, -0.1) is 0 Å². The van der Waals surface area contributed by atoms with Gasteiger partial charge in [-0.1, -0.05) is 36.4 Å². The minimum atomic E-state index is -3.84. The molecule has 3 fully saturated rings. The van der Waals surface area contributed by atoms with Crippen molar-refractivity contribution in [1.82, 2.24) is 19.2 Å². The highest BCUT2D eigenvalue weighted by molar-refractivity contribution is 8.24. The Hall–Kier alpha value is -5.71. The molecule has 0 bridgehead atoms. The summed E-state index contributed by atoms with van der Waals surface area (Å²) in [4.78, 5) is 62.9. The van der Waals surface area contributed by atoms with Gasteiger partial charge < -0.3 is 10.1 Å². The van der Waals surface area contributed by atoms with E-state index in [2.05, 4.69) is 15.4 Å². The predicted octanol–water partition coefficient (Wildman–Crippen LogP) is 6.01. The summed E-state index contributed by atoms with van der Waals surface area (Å²) in [6.07, 6.45) is 4.12. The van der Waals surface area contributed by atoms with Crippen molar-refractivity contribution in [3.8, 4) is 5.75 Å². The molecule has 1 aromatic heterocycles. The number of fused-ring (bicyclic) bond motifs is 2. The second-order valence-corrected chi connectivity index (χ2v) is 16.4. The number of piperidine rings is 1. The van der Waals surface area contributed by atoms with Gasteiger partial charge >= 0.3 is 5.69 Å². The molecule has 1 atom stereocenters. The number of benzene rings is 4. The Morgan fingerprint density at radius 2 is 1.70 bits per heavy atom. The first-order valence-corrected chi connectivity index (χ1v) is 20.0. The summed E-state index contributed by atoms with van der Waals surface area (Å²) in [7, 11) is -2.16. The summed E-state index contributed by atoms with van der Waals surface area (Å²) < 4.78 is 49.4. The normalized spacial score (nSPS) is 21.5. The van der Waals surface area contributed by atoms with Crippen molar-refractivity contribution in [1.29, 1.82) is 0 Å². The van der Waals surface area contributed by atoms with Gasteiger partial charge in [0.05, 0.1) is 11.0 Å². The van der Waals surface area contributed by atoms with Gasteiger partial charge in [0.2, 0.25) is 17.7 Å². The number of imidazole rings is 1. The third-order valence-corrected chi connectivity index (χ3v) is 12.5. The van der Waals surface area contributed by atoms with Crippen LogP contribution < -0.4 is 30.1 Å². The molecule has 1 unspecified atom stereocenters. The number of halogens is 1. The minimum absolute atomic E-state index is 0.00354. The molecule has 8 rings (SSSR count). The van der Waals surface area contributed by atoms with Gasteiger partial charge in [-0.05, 0) is 108 Å². The highest BCUT2D eigenvalue weighted by atomic mass is 32.3. The second-order valence-electron chi connectivity index (χ2n) is 14.7. The van der Waals surface area contributed by atoms with Gasteiger partial charge in [0.15, 0.2) is 5.82 Å². The average Bonchev–Trinajstić information content (AvgIpc) is 3.59. The molecule has 1 saturated carbocycles. The molecule has 16 heteroatoms. The van der Waals surface area contributed by atoms with Gasteiger partial charge in [-0.2, -0.15) is 0 Å². The summed E-state index contributed by atoms with van der Waals surface area (Å²) in [5.74, 6) is -2.05. The van der Waals surface area contributed by atoms with Crippen LogP contribution in [0.4, 0.5) is 15.8 Å². The van der Waals surface area contributed by atoms with E-state index in [0.717, 1.165) is 46.6 Å². The summed E-state index contributed by atoms with van der Waals surface area (Å²) in [5.41, 5.74) is 3.15. The molecular formula is C40H41FN6O8S. The maximum atomic E-state index is 16.3. The largest absolute Gasteiger partial charge is 0.487 e. The Kier molecular flexibility index (Phi) is 9.80. The van der Waals surface area contributed by atoms with Crippen molar-refractivity contribution in [3.05, 3.63) is 100 Å². The topological polar surface area (TPSA) is 184 Å². The zero-order valence-electron chi connectivity index (χ0n) is 30.5. The Labute approximate surface area is 322 Å². The molecule has 2 aliphatic heterocycles. The van der Waals surface area contributed by atoms with Crippen LogP contribution >= 0.6 is 11.0 Å². The number of ether oxygens (including phenoxy) is 1. The predicted molar refractivity (Wildman–Crippen MR) is 210 cm³/mol. The van der Waals surface area contributed by atoms with Crippen LogP contribution in [-0.2, 0) is 32.8 Å². The number of carbonyl (C=O) groups is 4. The SMILES string of the molecule is Cn1c(=O)n(C2CCC(=O)NC2=O)c2ccc(C3CCC(CC(=O)Nc4ccc5c(F)c(N6CC(=O)NS6(O)O)c(OCc6ccccc6)cc5c4)CC3)cc21. The van der Waals surface area contributed by atoms with Gasteiger partial charge in [0.1, 0.15) is 30.6 Å². The summed E-state index contributed by atoms with van der Waals surface area (Å²) in [6.45, 7) is -0.419. The van der Waals surface area contributed by atoms with Crippen LogP contribution in [0.2, 0.25) is 0 Å². The van der Waals surface area contributed by atoms with Crippen LogP contribution in [0.15, 0.2) is 77.6 Å². The number of hydrogen-bond donors (Lipinski definition) is 5. The fourth-order valence-electron chi connectivity index (χ4n) is 8.19. The van der Waals surface area contributed by atoms with Crippen molar-refractivity contribution >= 4 is 67.8 Å². The van der Waals surface area contributed by atoms with Crippen LogP contribution in [0.5, 0.6) is 5.75 Å². The van der Waals surface area contributed by atoms with E-state index >= 15 is 4.39 Å². The molecule has 5 N–H and O–H groups in total. The van der Waals surface area contributed by atoms with Crippen LogP contribution in [0.3, 0.4) is 0 Å². The van der Waals surface area contributed by atoms with Gasteiger partial charge in [-0.3, -0.25) is 42.7 Å². The van der Waals surface area contributed by atoms with E-state index in [4.69, 9.17) is 4.74 Å². The summed E-state index contributed by atoms with van der Waals surface area (Å²) in [6, 6.07) is 20.6. The third kappa shape index (κ3) is 7.10. The number of rotatable bonds is 9. The molecular weight excluding hydrogens is 744 g/mol. The van der Waals surface area contributed by atoms with Crippen LogP contribution in [0.1, 0.15) is 68.0 Å². The number of amides is 4. The van der Waals surface area contributed by atoms with Gasteiger partial charge in [-0.25, -0.2) is 18.2 Å². The van der Waals surface area contributed by atoms with Crippen LogP contribution in [0, 0.1) is 11.7 Å². The van der Waals surface area contributed by atoms with Crippen molar-refractivity contribution in [2.75, 3.05) is 16.2 Å². The molecule has 5 aromatic rings. The minimum Gasteiger partial charge on any atom is -0.487 e. The quantitative estimate of drug-likeness (QED) is 0.112. The van der Waals surface area contributed by atoms with Gasteiger partial charge in [0, 0.05) is 31.0 Å². The molecule has 56 heavy (non-hydrogen) atoms. The average molecular weight is 785 g/mol. The first kappa shape index (κ1) is 37.2. The lowest BCUT2D eigenvalue weighted by Gasteiger charge is -2.37. The summed E-state index contributed by atoms with van der Waals surface area (Å²) in [5, 5.41) is 5.84. The zero-order valence-corrected chi connectivity index (χ0v) is 31.3. The smallest absolute Gasteiger partial charge is 0.329 e. The Balaban J connectivity index is 0.943. The molecule has 2 saturated heterocycles. The number of nitrogens with zero attached hydrogens (tertiary/aromatic N) is 3. The van der Waals surface area contributed by atoms with E-state index in [0.29, 0.717) is 23.0 Å². The first-order chi connectivity index (χ1) is 26.9. The number of carbonyl (C=O) groups excluding carboxylic acids is 4. The van der Waals surface area contributed by atoms with E-state index in [-0.39, 0.29) is 65.6 Å². The second kappa shape index (κ2) is 14.7. The van der Waals surface area contributed by atoms with E-state index in [1.165, 1.54) is 10.6 Å². The fraction of sp³-hybridized carbons (Fsp3) is 0.325. The van der Waals surface area contributed by atoms with Crippen molar-refractivity contribution in [2.24, 2.45) is 13.0 Å². The zero-order chi connectivity index (χ0) is 39.3. The van der Waals surface area contributed by atoms with E-state index in [9.17, 15) is 33.1 Å². The highest BCUT2D eigenvalue weighted by Gasteiger charge is 2.39. The monoisotopic (exact) mass is 784 g/mol. The first-order valence-electron chi connectivity index (χ1n) is 18.5. The van der Waals surface area contributed by atoms with Crippen molar-refractivity contribution < 1.29 is 37.4 Å². The Morgan fingerprint density at radius 1 is 0.929 bits per heavy atom. The van der Waals surface area contributed by atoms with Crippen LogP contribution in [0.25, 0.3) is 21.8 Å². The number of aryl methyl sites for hydroxylation is 1. The molecule has 3 aliphatic rings. The highest BCUT2D eigenvalue weighted by Crippen LogP contribution is 2.51. The maximum Gasteiger partial charge on any atom is 0.329 e. The van der Waals surface area contributed by atoms with E-state index in [1.807, 2.05) is 48.5 Å². The van der Waals surface area contributed by atoms with Crippen molar-refractivity contribution in [3.63, 3.8) is 0 Å². The lowest BCUT2D eigenvalue weighted by atomic mass is 9.77. The lowest BCUT2D eigenvalue weighted by molar-refractivity contribution is -0.135. The molecule has 3 heterocycles. The van der Waals surface area contributed by atoms with E-state index in [1.54, 1.807) is 29.8 Å². The van der Waals surface area contributed by atoms with Crippen molar-refractivity contribution in [2.45, 2.75) is 63.5 Å². The number of imide groups is 1. The number of aromatic nitrogens is 2. The standard InChI is InChI=1S/C40H41FN6O8S/c1-45-32-19-26(11-14-30(32)47(40(45)52)31-15-16-34(48)43-39(31)51)25-9-7-23(8-10-25)17-35(49)42-28-12-13-29-27(18-28)20-33(55-22-24-5-3-2-4-6-24)38(37(29)41)46-21-36(50)44-56(46,53)54/h2-6,11-14,18-20,23,25,31,53-54H,7-10,15-17,21-22H2,1H3,(H,42,49)(H,44,50)(H,43,48,51). The molecule has 1 aliphatic carbocycles. The molecule has 292 valence electrons. The molecule has 0 spiro atoms. The lowest BCUT2D eigenvalue weighted by Crippen LogP contribution is -2.44. The van der Waals surface area contributed by atoms with Crippen LogP contribution in [-0.4, -0.2) is 48.4 Å². The molecule has 4 aromatic carbocycles. The number of anilines is 2. The Morgan fingerprint density at radius 3 is 2.41 bits per heavy atom. The molecule has 4 amide bonds.